The van der Waals surface area contributed by atoms with Gasteiger partial charge in [-0.05, 0) is 31.9 Å². The molecule has 1 aliphatic heterocycles. The first kappa shape index (κ1) is 11.0. The number of nitrogens with two attached hydrogens (primary N) is 1. The van der Waals surface area contributed by atoms with Crippen LogP contribution >= 0.6 is 11.8 Å². The van der Waals surface area contributed by atoms with E-state index in [0.717, 1.165) is 12.8 Å². The van der Waals surface area contributed by atoms with Gasteiger partial charge in [0.05, 0.1) is 6.10 Å². The SMILES string of the molecule is CC1OC(Sc2ccccc2)CCC1N. The number of benzene rings is 1. The summed E-state index contributed by atoms with van der Waals surface area (Å²) < 4.78 is 5.84. The van der Waals surface area contributed by atoms with E-state index in [9.17, 15) is 0 Å². The fourth-order valence-electron chi connectivity index (χ4n) is 1.71. The minimum Gasteiger partial charge on any atom is -0.363 e. The molecule has 3 heteroatoms. The van der Waals surface area contributed by atoms with Crippen molar-refractivity contribution in [2.45, 2.75) is 42.2 Å². The van der Waals surface area contributed by atoms with E-state index in [4.69, 9.17) is 10.5 Å². The molecule has 0 saturated carbocycles. The monoisotopic (exact) mass is 223 g/mol. The quantitative estimate of drug-likeness (QED) is 0.837. The Kier molecular flexibility index (Phi) is 3.67. The maximum atomic E-state index is 5.90. The van der Waals surface area contributed by atoms with Gasteiger partial charge in [-0.15, -0.1) is 0 Å². The zero-order valence-corrected chi connectivity index (χ0v) is 9.74. The lowest BCUT2D eigenvalue weighted by molar-refractivity contribution is -0.00564. The number of hydrogen-bond donors (Lipinski definition) is 1. The van der Waals surface area contributed by atoms with Crippen LogP contribution in [0.1, 0.15) is 19.8 Å². The molecular formula is C12H17NOS. The van der Waals surface area contributed by atoms with Crippen LogP contribution in [-0.2, 0) is 4.74 Å². The van der Waals surface area contributed by atoms with Crippen LogP contribution < -0.4 is 5.73 Å². The summed E-state index contributed by atoms with van der Waals surface area (Å²) in [5.41, 5.74) is 6.17. The van der Waals surface area contributed by atoms with Crippen LogP contribution in [0.4, 0.5) is 0 Å². The Hall–Kier alpha value is -0.510. The largest absolute Gasteiger partial charge is 0.363 e. The maximum Gasteiger partial charge on any atom is 0.108 e. The van der Waals surface area contributed by atoms with Crippen LogP contribution in [0, 0.1) is 0 Å². The third kappa shape index (κ3) is 2.97. The fraction of sp³-hybridized carbons (Fsp3) is 0.500. The van der Waals surface area contributed by atoms with Crippen LogP contribution in [0.25, 0.3) is 0 Å². The van der Waals surface area contributed by atoms with Crippen molar-refractivity contribution < 1.29 is 4.74 Å². The fourth-order valence-corrected chi connectivity index (χ4v) is 2.81. The molecule has 2 nitrogen and oxygen atoms in total. The first-order chi connectivity index (χ1) is 7.25. The summed E-state index contributed by atoms with van der Waals surface area (Å²) in [6, 6.07) is 10.6. The lowest BCUT2D eigenvalue weighted by Crippen LogP contribution is -2.41. The number of thioether (sulfide) groups is 1. The van der Waals surface area contributed by atoms with E-state index >= 15 is 0 Å². The van der Waals surface area contributed by atoms with E-state index in [1.807, 2.05) is 6.07 Å². The molecule has 0 aliphatic carbocycles. The van der Waals surface area contributed by atoms with Gasteiger partial charge >= 0.3 is 0 Å². The first-order valence-corrected chi connectivity index (χ1v) is 6.26. The van der Waals surface area contributed by atoms with Gasteiger partial charge in [0.2, 0.25) is 0 Å². The molecule has 1 heterocycles. The Morgan fingerprint density at radius 2 is 2.00 bits per heavy atom. The van der Waals surface area contributed by atoms with Crippen LogP contribution in [0.5, 0.6) is 0 Å². The molecule has 1 aromatic carbocycles. The van der Waals surface area contributed by atoms with Gasteiger partial charge in [0.15, 0.2) is 0 Å². The van der Waals surface area contributed by atoms with E-state index in [2.05, 4.69) is 31.2 Å². The molecule has 0 aromatic heterocycles. The second kappa shape index (κ2) is 5.01. The highest BCUT2D eigenvalue weighted by atomic mass is 32.2. The van der Waals surface area contributed by atoms with Crippen molar-refractivity contribution in [1.29, 1.82) is 0 Å². The van der Waals surface area contributed by atoms with E-state index in [1.54, 1.807) is 11.8 Å². The topological polar surface area (TPSA) is 35.2 Å². The number of rotatable bonds is 2. The predicted molar refractivity (Wildman–Crippen MR) is 63.8 cm³/mol. The molecule has 3 unspecified atom stereocenters. The zero-order chi connectivity index (χ0) is 10.7. The highest BCUT2D eigenvalue weighted by molar-refractivity contribution is 7.99. The molecule has 15 heavy (non-hydrogen) atoms. The molecule has 0 radical (unpaired) electrons. The van der Waals surface area contributed by atoms with Gasteiger partial charge in [-0.3, -0.25) is 0 Å². The third-order valence-corrected chi connectivity index (χ3v) is 3.87. The van der Waals surface area contributed by atoms with Gasteiger partial charge in [-0.2, -0.15) is 0 Å². The molecule has 82 valence electrons. The Bertz CT molecular complexity index is 304. The summed E-state index contributed by atoms with van der Waals surface area (Å²) in [6.07, 6.45) is 2.29. The molecule has 1 fully saturated rings. The third-order valence-electron chi connectivity index (χ3n) is 2.72. The second-order valence-electron chi connectivity index (χ2n) is 3.94. The molecule has 0 spiro atoms. The molecule has 3 atom stereocenters. The van der Waals surface area contributed by atoms with Crippen LogP contribution in [-0.4, -0.2) is 17.6 Å². The van der Waals surface area contributed by atoms with Gasteiger partial charge < -0.3 is 10.5 Å². The van der Waals surface area contributed by atoms with Gasteiger partial charge in [-0.1, -0.05) is 30.0 Å². The standard InChI is InChI=1S/C12H17NOS/c1-9-11(13)7-8-12(14-9)15-10-5-3-2-4-6-10/h2-6,9,11-12H,7-8,13H2,1H3. The normalized spacial score (nSPS) is 31.5. The summed E-state index contributed by atoms with van der Waals surface area (Å²) in [6.45, 7) is 2.06. The van der Waals surface area contributed by atoms with E-state index in [0.29, 0.717) is 0 Å². The van der Waals surface area contributed by atoms with Crippen LogP contribution in [0.3, 0.4) is 0 Å². The summed E-state index contributed by atoms with van der Waals surface area (Å²) in [5, 5.41) is 0. The van der Waals surface area contributed by atoms with Crippen molar-refractivity contribution in [3.8, 4) is 0 Å². The average molecular weight is 223 g/mol. The Morgan fingerprint density at radius 3 is 2.67 bits per heavy atom. The maximum absolute atomic E-state index is 5.90. The van der Waals surface area contributed by atoms with Gasteiger partial charge in [0.1, 0.15) is 5.44 Å². The molecule has 1 aliphatic rings. The van der Waals surface area contributed by atoms with Crippen LogP contribution in [0.2, 0.25) is 0 Å². The van der Waals surface area contributed by atoms with Crippen molar-refractivity contribution in [2.75, 3.05) is 0 Å². The molecule has 2 N–H and O–H groups in total. The van der Waals surface area contributed by atoms with Gasteiger partial charge in [0.25, 0.3) is 0 Å². The minimum atomic E-state index is 0.181. The van der Waals surface area contributed by atoms with Crippen molar-refractivity contribution >= 4 is 11.8 Å². The molecule has 1 aromatic rings. The number of hydrogen-bond acceptors (Lipinski definition) is 3. The summed E-state index contributed by atoms with van der Waals surface area (Å²) in [7, 11) is 0. The smallest absolute Gasteiger partial charge is 0.108 e. The molecule has 1 saturated heterocycles. The molecule has 0 amide bonds. The van der Waals surface area contributed by atoms with Gasteiger partial charge in [0, 0.05) is 10.9 Å². The van der Waals surface area contributed by atoms with E-state index in [1.165, 1.54) is 4.90 Å². The lowest BCUT2D eigenvalue weighted by atomic mass is 10.1. The average Bonchev–Trinajstić information content (AvgIpc) is 2.25. The zero-order valence-electron chi connectivity index (χ0n) is 8.93. The second-order valence-corrected chi connectivity index (χ2v) is 5.18. The van der Waals surface area contributed by atoms with Gasteiger partial charge in [-0.25, -0.2) is 0 Å². The highest BCUT2D eigenvalue weighted by Gasteiger charge is 2.25. The highest BCUT2D eigenvalue weighted by Crippen LogP contribution is 2.31. The summed E-state index contributed by atoms with van der Waals surface area (Å²) in [4.78, 5) is 1.27. The van der Waals surface area contributed by atoms with E-state index in [-0.39, 0.29) is 17.6 Å². The molecule has 2 rings (SSSR count). The first-order valence-electron chi connectivity index (χ1n) is 5.38. The van der Waals surface area contributed by atoms with E-state index < -0.39 is 0 Å². The van der Waals surface area contributed by atoms with Crippen molar-refractivity contribution in [3.63, 3.8) is 0 Å². The van der Waals surface area contributed by atoms with Crippen LogP contribution in [0.15, 0.2) is 35.2 Å². The summed E-state index contributed by atoms with van der Waals surface area (Å²) >= 11 is 1.79. The summed E-state index contributed by atoms with van der Waals surface area (Å²) in [5.74, 6) is 0. The minimum absolute atomic E-state index is 0.181. The molecule has 0 bridgehead atoms. The lowest BCUT2D eigenvalue weighted by Gasteiger charge is -2.32. The van der Waals surface area contributed by atoms with Crippen molar-refractivity contribution in [3.05, 3.63) is 30.3 Å². The predicted octanol–water partition coefficient (Wildman–Crippen LogP) is 2.63. The van der Waals surface area contributed by atoms with Crippen molar-refractivity contribution in [2.24, 2.45) is 5.73 Å². The Morgan fingerprint density at radius 1 is 1.27 bits per heavy atom. The Labute approximate surface area is 95.2 Å². The number of ether oxygens (including phenoxy) is 1. The Balaban J connectivity index is 1.91. The molecular weight excluding hydrogens is 206 g/mol. The van der Waals surface area contributed by atoms with Crippen molar-refractivity contribution in [1.82, 2.24) is 0 Å².